The number of aliphatic carboxylic acids is 3. The van der Waals surface area contributed by atoms with Crippen LogP contribution in [0.5, 0.6) is 0 Å². The monoisotopic (exact) mass is 775 g/mol. The number of hydrogen-bond donors (Lipinski definition) is 8. The molecule has 0 radical (unpaired) electrons. The number of alkyl halides is 9. The van der Waals surface area contributed by atoms with Crippen LogP contribution in [0, 0.1) is 0 Å². The summed E-state index contributed by atoms with van der Waals surface area (Å²) in [5, 5.41) is 34.1. The van der Waals surface area contributed by atoms with Gasteiger partial charge in [0.1, 0.15) is 6.04 Å². The molecule has 52 heavy (non-hydrogen) atoms. The molecule has 0 spiro atoms. The number of unbranched alkanes of at least 4 members (excludes halogenated alkanes) is 1. The number of nitrogens with one attached hydrogen (secondary N) is 4. The molecule has 0 saturated heterocycles. The first kappa shape index (κ1) is 52.2. The number of carboxylic acids is 3. The number of aryl methyl sites for hydroxylation is 1. The SMILES string of the molecule is CCCC(=O)N[C@@H](CCc1ccccc1)C(=O)NCCCNCCCCNCCCN.O=C(O)C(F)(F)F.O=C(O)C(F)(F)F.O=C(O)C(F)(F)F. The second kappa shape index (κ2) is 29.4. The molecule has 9 N–H and O–H groups in total. The number of carbonyl (C=O) groups excluding carboxylic acids is 2. The quantitative estimate of drug-likeness (QED) is 0.0750. The maximum atomic E-state index is 12.6. The van der Waals surface area contributed by atoms with Crippen LogP contribution in [0.2, 0.25) is 0 Å². The molecule has 0 saturated carbocycles. The van der Waals surface area contributed by atoms with Crippen molar-refractivity contribution in [3.05, 3.63) is 35.9 Å². The van der Waals surface area contributed by atoms with Gasteiger partial charge in [-0.15, -0.1) is 0 Å². The number of hydrogen-bond acceptors (Lipinski definition) is 8. The fourth-order valence-electron chi connectivity index (χ4n) is 3.24. The van der Waals surface area contributed by atoms with Crippen LogP contribution < -0.4 is 27.0 Å². The molecule has 2 amide bonds. The van der Waals surface area contributed by atoms with Crippen LogP contribution in [0.15, 0.2) is 30.3 Å². The highest BCUT2D eigenvalue weighted by Crippen LogP contribution is 2.14. The van der Waals surface area contributed by atoms with E-state index in [2.05, 4.69) is 21.3 Å². The lowest BCUT2D eigenvalue weighted by atomic mass is 10.0. The molecular weight excluding hydrogens is 729 g/mol. The smallest absolute Gasteiger partial charge is 0.475 e. The Hall–Kier alpha value is -4.18. The lowest BCUT2D eigenvalue weighted by Crippen LogP contribution is -2.47. The summed E-state index contributed by atoms with van der Waals surface area (Å²) < 4.78 is 95.2. The van der Waals surface area contributed by atoms with Gasteiger partial charge in [0.25, 0.3) is 0 Å². The van der Waals surface area contributed by atoms with Gasteiger partial charge in [-0.1, -0.05) is 37.3 Å². The van der Waals surface area contributed by atoms with E-state index in [0.717, 1.165) is 71.2 Å². The van der Waals surface area contributed by atoms with Crippen LogP contribution in [0.25, 0.3) is 0 Å². The highest BCUT2D eigenvalue weighted by atomic mass is 19.4. The molecule has 1 atom stereocenters. The summed E-state index contributed by atoms with van der Waals surface area (Å²) in [5.74, 6) is -8.42. The molecule has 0 unspecified atom stereocenters. The van der Waals surface area contributed by atoms with Gasteiger partial charge in [0.2, 0.25) is 11.8 Å². The Morgan fingerprint density at radius 2 is 1.08 bits per heavy atom. The Balaban J connectivity index is -0.000000919. The van der Waals surface area contributed by atoms with Gasteiger partial charge in [0.05, 0.1) is 0 Å². The fourth-order valence-corrected chi connectivity index (χ4v) is 3.24. The van der Waals surface area contributed by atoms with Crippen molar-refractivity contribution in [3.63, 3.8) is 0 Å². The highest BCUT2D eigenvalue weighted by molar-refractivity contribution is 5.87. The zero-order chi connectivity index (χ0) is 40.8. The maximum absolute atomic E-state index is 12.6. The van der Waals surface area contributed by atoms with Gasteiger partial charge < -0.3 is 42.3 Å². The number of carbonyl (C=O) groups is 5. The van der Waals surface area contributed by atoms with E-state index in [4.69, 9.17) is 35.4 Å². The lowest BCUT2D eigenvalue weighted by molar-refractivity contribution is -0.193. The van der Waals surface area contributed by atoms with Gasteiger partial charge in [0, 0.05) is 13.0 Å². The minimum Gasteiger partial charge on any atom is -0.475 e. The summed E-state index contributed by atoms with van der Waals surface area (Å²) in [6, 6.07) is 9.57. The average Bonchev–Trinajstić information content (AvgIpc) is 3.03. The van der Waals surface area contributed by atoms with Crippen LogP contribution in [0.1, 0.15) is 57.4 Å². The van der Waals surface area contributed by atoms with Gasteiger partial charge in [-0.2, -0.15) is 39.5 Å². The third-order valence-electron chi connectivity index (χ3n) is 5.77. The van der Waals surface area contributed by atoms with E-state index >= 15 is 0 Å². The van der Waals surface area contributed by atoms with Gasteiger partial charge in [-0.05, 0) is 83.2 Å². The molecule has 0 aliphatic carbocycles. The normalized spacial score (nSPS) is 11.6. The van der Waals surface area contributed by atoms with Crippen molar-refractivity contribution >= 4 is 29.7 Å². The second-order valence-electron chi connectivity index (χ2n) is 10.3. The predicted octanol–water partition coefficient (Wildman–Crippen LogP) is 3.62. The molecule has 0 bridgehead atoms. The zero-order valence-corrected chi connectivity index (χ0v) is 28.2. The summed E-state index contributed by atoms with van der Waals surface area (Å²) in [6.07, 6.45) is -8.50. The first-order chi connectivity index (χ1) is 24.0. The highest BCUT2D eigenvalue weighted by Gasteiger charge is 2.39. The van der Waals surface area contributed by atoms with E-state index in [1.165, 1.54) is 5.56 Å². The maximum Gasteiger partial charge on any atom is 0.490 e. The first-order valence-corrected chi connectivity index (χ1v) is 15.6. The topological polar surface area (TPSA) is 220 Å². The lowest BCUT2D eigenvalue weighted by Gasteiger charge is -2.18. The Morgan fingerprint density at radius 1 is 0.673 bits per heavy atom. The number of amides is 2. The molecular formula is C30H46F9N5O8. The van der Waals surface area contributed by atoms with E-state index in [1.54, 1.807) is 0 Å². The van der Waals surface area contributed by atoms with E-state index in [0.29, 0.717) is 19.4 Å². The third-order valence-corrected chi connectivity index (χ3v) is 5.77. The molecule has 13 nitrogen and oxygen atoms in total. The van der Waals surface area contributed by atoms with Crippen molar-refractivity contribution in [2.45, 2.75) is 82.9 Å². The minimum atomic E-state index is -5.08. The Bertz CT molecular complexity index is 1080. The van der Waals surface area contributed by atoms with E-state index < -0.39 is 42.5 Å². The number of nitrogens with two attached hydrogens (primary N) is 1. The average molecular weight is 776 g/mol. The largest absolute Gasteiger partial charge is 0.490 e. The second-order valence-corrected chi connectivity index (χ2v) is 10.3. The predicted molar refractivity (Wildman–Crippen MR) is 169 cm³/mol. The molecule has 302 valence electrons. The number of benzene rings is 1. The summed E-state index contributed by atoms with van der Waals surface area (Å²) in [4.78, 5) is 51.3. The van der Waals surface area contributed by atoms with Crippen LogP contribution >= 0.6 is 0 Å². The van der Waals surface area contributed by atoms with E-state index in [9.17, 15) is 49.1 Å². The van der Waals surface area contributed by atoms with Gasteiger partial charge >= 0.3 is 36.4 Å². The van der Waals surface area contributed by atoms with Crippen LogP contribution in [-0.2, 0) is 30.4 Å². The van der Waals surface area contributed by atoms with E-state index in [1.807, 2.05) is 37.3 Å². The van der Waals surface area contributed by atoms with Crippen molar-refractivity contribution in [1.82, 2.24) is 21.3 Å². The van der Waals surface area contributed by atoms with Crippen LogP contribution in [0.4, 0.5) is 39.5 Å². The number of halogens is 9. The first-order valence-electron chi connectivity index (χ1n) is 15.6. The van der Waals surface area contributed by atoms with Crippen molar-refractivity contribution in [1.29, 1.82) is 0 Å². The summed E-state index contributed by atoms with van der Waals surface area (Å²) in [6.45, 7) is 7.20. The summed E-state index contributed by atoms with van der Waals surface area (Å²) in [7, 11) is 0. The van der Waals surface area contributed by atoms with E-state index in [-0.39, 0.29) is 11.8 Å². The summed E-state index contributed by atoms with van der Waals surface area (Å²) >= 11 is 0. The Labute approximate surface area is 293 Å². The number of carboxylic acid groups (broad SMARTS) is 3. The van der Waals surface area contributed by atoms with Crippen molar-refractivity contribution < 1.29 is 78.8 Å². The fraction of sp³-hybridized carbons (Fsp3) is 0.633. The van der Waals surface area contributed by atoms with Gasteiger partial charge in [-0.25, -0.2) is 14.4 Å². The van der Waals surface area contributed by atoms with Gasteiger partial charge in [0.15, 0.2) is 0 Å². The summed E-state index contributed by atoms with van der Waals surface area (Å²) in [5.41, 5.74) is 6.63. The molecule has 0 aromatic heterocycles. The molecule has 1 aromatic rings. The van der Waals surface area contributed by atoms with Crippen molar-refractivity contribution in [2.24, 2.45) is 5.73 Å². The third kappa shape index (κ3) is 34.3. The Kier molecular flexibility index (Phi) is 29.5. The molecule has 0 fully saturated rings. The van der Waals surface area contributed by atoms with Crippen LogP contribution in [-0.4, -0.2) is 109 Å². The minimum absolute atomic E-state index is 0.0603. The van der Waals surface area contributed by atoms with Crippen molar-refractivity contribution in [3.8, 4) is 0 Å². The Morgan fingerprint density at radius 3 is 1.46 bits per heavy atom. The molecule has 22 heteroatoms. The molecule has 0 aliphatic heterocycles. The van der Waals surface area contributed by atoms with Crippen molar-refractivity contribution in [2.75, 3.05) is 39.3 Å². The standard InChI is InChI=1S/C24H43N5O2.3C2HF3O2/c1-2-10-23(30)29-22(14-13-21-11-4-3-5-12-21)24(31)28-20-9-19-27-17-7-6-16-26-18-8-15-25;3*3-2(4,5)1(6)7/h3-5,11-12,22,26-27H,2,6-10,13-20,25H2,1H3,(H,28,31)(H,29,30);3*(H,6,7)/t22-;;;/m0.../s1. The molecule has 0 heterocycles. The molecule has 0 aliphatic rings. The number of rotatable bonds is 19. The van der Waals surface area contributed by atoms with Crippen LogP contribution in [0.3, 0.4) is 0 Å². The zero-order valence-electron chi connectivity index (χ0n) is 28.2. The van der Waals surface area contributed by atoms with Gasteiger partial charge in [-0.3, -0.25) is 9.59 Å². The molecule has 1 aromatic carbocycles. The molecule has 1 rings (SSSR count).